The van der Waals surface area contributed by atoms with E-state index in [1.54, 1.807) is 13.0 Å². The quantitative estimate of drug-likeness (QED) is 0.851. The van der Waals surface area contributed by atoms with Crippen molar-refractivity contribution in [3.63, 3.8) is 0 Å². The van der Waals surface area contributed by atoms with Crippen LogP contribution in [-0.4, -0.2) is 71.6 Å². The van der Waals surface area contributed by atoms with Crippen molar-refractivity contribution >= 4 is 17.8 Å². The number of aliphatic carboxylic acids is 1. The average molecular weight is 352 g/mol. The molecule has 1 aromatic rings. The Morgan fingerprint density at radius 2 is 2.12 bits per heavy atom. The summed E-state index contributed by atoms with van der Waals surface area (Å²) in [4.78, 5) is 37.6. The van der Waals surface area contributed by atoms with E-state index in [1.807, 2.05) is 0 Å². The molecule has 1 unspecified atom stereocenters. The second-order valence-corrected chi connectivity index (χ2v) is 6.02. The number of ether oxygens (including phenoxy) is 1. The first kappa shape index (κ1) is 18.9. The van der Waals surface area contributed by atoms with E-state index in [9.17, 15) is 18.8 Å². The predicted molar refractivity (Wildman–Crippen MR) is 86.7 cm³/mol. The van der Waals surface area contributed by atoms with Crippen LogP contribution >= 0.6 is 0 Å². The molecule has 1 heterocycles. The lowest BCUT2D eigenvalue weighted by Gasteiger charge is -2.35. The fraction of sp³-hybridized carbons (Fsp3) is 0.471. The molecule has 0 spiro atoms. The maximum atomic E-state index is 13.9. The van der Waals surface area contributed by atoms with Crippen molar-refractivity contribution < 1.29 is 28.6 Å². The Morgan fingerprint density at radius 1 is 1.40 bits per heavy atom. The zero-order valence-corrected chi connectivity index (χ0v) is 14.2. The first-order chi connectivity index (χ1) is 11.8. The second kappa shape index (κ2) is 8.06. The van der Waals surface area contributed by atoms with Gasteiger partial charge >= 0.3 is 5.97 Å². The standard InChI is InChI=1S/C17H21FN2O5/c1-11-3-4-15(18)14(7-11)17(24)19-5-6-25-13(8-19)9-20(12(2)21)10-16(22)23/h3-4,7,13H,5-6,8-10H2,1-2H3,(H,22,23). The summed E-state index contributed by atoms with van der Waals surface area (Å²) in [5, 5.41) is 8.87. The highest BCUT2D eigenvalue weighted by Gasteiger charge is 2.29. The van der Waals surface area contributed by atoms with E-state index < -0.39 is 30.3 Å². The van der Waals surface area contributed by atoms with Gasteiger partial charge in [0.1, 0.15) is 12.4 Å². The molecule has 136 valence electrons. The van der Waals surface area contributed by atoms with E-state index in [1.165, 1.54) is 24.0 Å². The van der Waals surface area contributed by atoms with Gasteiger partial charge in [-0.25, -0.2) is 4.39 Å². The molecule has 7 nitrogen and oxygen atoms in total. The average Bonchev–Trinajstić information content (AvgIpc) is 2.55. The van der Waals surface area contributed by atoms with Crippen molar-refractivity contribution in [1.29, 1.82) is 0 Å². The van der Waals surface area contributed by atoms with Crippen LogP contribution in [0.5, 0.6) is 0 Å². The van der Waals surface area contributed by atoms with Gasteiger partial charge in [-0.15, -0.1) is 0 Å². The minimum absolute atomic E-state index is 0.00499. The molecule has 0 radical (unpaired) electrons. The first-order valence-corrected chi connectivity index (χ1v) is 7.92. The van der Waals surface area contributed by atoms with Crippen molar-refractivity contribution in [1.82, 2.24) is 9.80 Å². The van der Waals surface area contributed by atoms with E-state index in [2.05, 4.69) is 0 Å². The van der Waals surface area contributed by atoms with E-state index >= 15 is 0 Å². The van der Waals surface area contributed by atoms with Crippen LogP contribution in [0.1, 0.15) is 22.8 Å². The molecule has 1 saturated heterocycles. The number of hydrogen-bond acceptors (Lipinski definition) is 4. The third-order valence-corrected chi connectivity index (χ3v) is 3.97. The lowest BCUT2D eigenvalue weighted by molar-refractivity contribution is -0.145. The number of morpholine rings is 1. The number of carboxylic acids is 1. The summed E-state index contributed by atoms with van der Waals surface area (Å²) in [7, 11) is 0. The van der Waals surface area contributed by atoms with E-state index in [0.717, 1.165) is 10.5 Å². The van der Waals surface area contributed by atoms with Crippen LogP contribution in [0.4, 0.5) is 4.39 Å². The molecule has 0 aromatic heterocycles. The Labute approximate surface area is 145 Å². The van der Waals surface area contributed by atoms with Crippen LogP contribution in [0.15, 0.2) is 18.2 Å². The van der Waals surface area contributed by atoms with Crippen molar-refractivity contribution in [2.75, 3.05) is 32.8 Å². The van der Waals surface area contributed by atoms with Gasteiger partial charge in [0.25, 0.3) is 5.91 Å². The topological polar surface area (TPSA) is 87.2 Å². The Hall–Kier alpha value is -2.48. The van der Waals surface area contributed by atoms with Crippen molar-refractivity contribution in [3.05, 3.63) is 35.1 Å². The van der Waals surface area contributed by atoms with Crippen LogP contribution in [0.25, 0.3) is 0 Å². The van der Waals surface area contributed by atoms with Crippen molar-refractivity contribution in [3.8, 4) is 0 Å². The molecule has 0 saturated carbocycles. The molecule has 0 aliphatic carbocycles. The molecule has 8 heteroatoms. The highest BCUT2D eigenvalue weighted by molar-refractivity contribution is 5.94. The third-order valence-electron chi connectivity index (χ3n) is 3.97. The Kier molecular flexibility index (Phi) is 6.08. The molecule has 1 aliphatic rings. The molecule has 0 bridgehead atoms. The van der Waals surface area contributed by atoms with Gasteiger partial charge in [-0.3, -0.25) is 14.4 Å². The number of carbonyl (C=O) groups is 3. The number of carboxylic acid groups (broad SMARTS) is 1. The number of aryl methyl sites for hydroxylation is 1. The molecule has 1 atom stereocenters. The van der Waals surface area contributed by atoms with Gasteiger partial charge in [0.15, 0.2) is 0 Å². The molecule has 2 rings (SSSR count). The zero-order valence-electron chi connectivity index (χ0n) is 14.2. The van der Waals surface area contributed by atoms with E-state index in [0.29, 0.717) is 6.54 Å². The number of hydrogen-bond donors (Lipinski definition) is 1. The van der Waals surface area contributed by atoms with Gasteiger partial charge in [-0.05, 0) is 19.1 Å². The Bertz CT molecular complexity index is 679. The summed E-state index contributed by atoms with van der Waals surface area (Å²) in [6.45, 7) is 3.38. The molecule has 25 heavy (non-hydrogen) atoms. The van der Waals surface area contributed by atoms with Gasteiger partial charge in [0, 0.05) is 26.6 Å². The lowest BCUT2D eigenvalue weighted by atomic mass is 10.1. The Balaban J connectivity index is 2.07. The number of benzene rings is 1. The number of amides is 2. The van der Waals surface area contributed by atoms with Crippen LogP contribution in [-0.2, 0) is 14.3 Å². The number of rotatable bonds is 5. The molecule has 1 aromatic carbocycles. The van der Waals surface area contributed by atoms with Crippen LogP contribution in [0.2, 0.25) is 0 Å². The maximum Gasteiger partial charge on any atom is 0.323 e. The monoisotopic (exact) mass is 352 g/mol. The van der Waals surface area contributed by atoms with Crippen LogP contribution in [0.3, 0.4) is 0 Å². The van der Waals surface area contributed by atoms with Gasteiger partial charge in [-0.1, -0.05) is 11.6 Å². The third kappa shape index (κ3) is 4.99. The molecular formula is C17H21FN2O5. The minimum atomic E-state index is -1.12. The Morgan fingerprint density at radius 3 is 2.76 bits per heavy atom. The summed E-state index contributed by atoms with van der Waals surface area (Å²) in [6.07, 6.45) is -0.520. The zero-order chi connectivity index (χ0) is 18.6. The fourth-order valence-corrected chi connectivity index (χ4v) is 2.70. The number of carbonyl (C=O) groups excluding carboxylic acids is 2. The second-order valence-electron chi connectivity index (χ2n) is 6.02. The highest BCUT2D eigenvalue weighted by atomic mass is 19.1. The number of nitrogens with zero attached hydrogens (tertiary/aromatic N) is 2. The predicted octanol–water partition coefficient (Wildman–Crippen LogP) is 0.908. The fourth-order valence-electron chi connectivity index (χ4n) is 2.70. The summed E-state index contributed by atoms with van der Waals surface area (Å²) in [6, 6.07) is 4.34. The van der Waals surface area contributed by atoms with Crippen LogP contribution < -0.4 is 0 Å². The minimum Gasteiger partial charge on any atom is -0.480 e. The molecule has 1 aliphatic heterocycles. The summed E-state index contributed by atoms with van der Waals surface area (Å²) in [5.41, 5.74) is 0.772. The van der Waals surface area contributed by atoms with E-state index in [-0.39, 0.29) is 31.2 Å². The first-order valence-electron chi connectivity index (χ1n) is 7.92. The normalized spacial score (nSPS) is 17.2. The molecule has 1 fully saturated rings. The lowest BCUT2D eigenvalue weighted by Crippen LogP contribution is -2.51. The largest absolute Gasteiger partial charge is 0.480 e. The smallest absolute Gasteiger partial charge is 0.323 e. The van der Waals surface area contributed by atoms with Gasteiger partial charge < -0.3 is 19.6 Å². The number of halogens is 1. The van der Waals surface area contributed by atoms with E-state index in [4.69, 9.17) is 9.84 Å². The van der Waals surface area contributed by atoms with Gasteiger partial charge in [-0.2, -0.15) is 0 Å². The SMILES string of the molecule is CC(=O)N(CC(=O)O)CC1CN(C(=O)c2cc(C)ccc2F)CCO1. The molecule has 2 amide bonds. The van der Waals surface area contributed by atoms with Gasteiger partial charge in [0.2, 0.25) is 5.91 Å². The maximum absolute atomic E-state index is 13.9. The highest BCUT2D eigenvalue weighted by Crippen LogP contribution is 2.16. The summed E-state index contributed by atoms with van der Waals surface area (Å²) >= 11 is 0. The van der Waals surface area contributed by atoms with Crippen LogP contribution in [0, 0.1) is 12.7 Å². The molecule has 1 N–H and O–H groups in total. The van der Waals surface area contributed by atoms with Crippen molar-refractivity contribution in [2.24, 2.45) is 0 Å². The molecular weight excluding hydrogens is 331 g/mol. The summed E-state index contributed by atoms with van der Waals surface area (Å²) < 4.78 is 19.5. The van der Waals surface area contributed by atoms with Crippen molar-refractivity contribution in [2.45, 2.75) is 20.0 Å². The summed E-state index contributed by atoms with van der Waals surface area (Å²) in [5.74, 6) is -2.54. The van der Waals surface area contributed by atoms with Gasteiger partial charge in [0.05, 0.1) is 18.3 Å².